The molecule has 1 aliphatic carbocycles. The van der Waals surface area contributed by atoms with E-state index in [-0.39, 0.29) is 5.56 Å². The number of carbonyl (C=O) groups is 1. The van der Waals surface area contributed by atoms with Crippen LogP contribution >= 0.6 is 0 Å². The largest absolute Gasteiger partial charge is 0.385 e. The minimum atomic E-state index is -0.728. The first-order chi connectivity index (χ1) is 9.16. The van der Waals surface area contributed by atoms with Crippen LogP contribution in [0.4, 0.5) is 10.1 Å². The molecule has 0 saturated heterocycles. The number of carbonyl (C=O) groups excluding carboxylic acids is 1. The highest BCUT2D eigenvalue weighted by Gasteiger charge is 2.13. The van der Waals surface area contributed by atoms with Gasteiger partial charge in [0, 0.05) is 12.2 Å². The number of nitrogens with one attached hydrogen (secondary N) is 1. The van der Waals surface area contributed by atoms with Crippen LogP contribution in [0.2, 0.25) is 0 Å². The Bertz CT molecular complexity index is 442. The van der Waals surface area contributed by atoms with Gasteiger partial charge in [-0.1, -0.05) is 32.1 Å². The van der Waals surface area contributed by atoms with Crippen LogP contribution in [-0.4, -0.2) is 12.5 Å². The normalized spacial score (nSPS) is 16.3. The van der Waals surface area contributed by atoms with E-state index in [0.717, 1.165) is 24.6 Å². The molecule has 0 aromatic heterocycles. The van der Waals surface area contributed by atoms with Crippen LogP contribution in [0.25, 0.3) is 0 Å². The SMILES string of the molecule is NC(=O)c1cc(NCCC2CCCCC2)ccc1F. The molecule has 1 aromatic rings. The van der Waals surface area contributed by atoms with Gasteiger partial charge in [-0.3, -0.25) is 4.79 Å². The van der Waals surface area contributed by atoms with Crippen LogP contribution in [0.3, 0.4) is 0 Å². The Labute approximate surface area is 113 Å². The van der Waals surface area contributed by atoms with E-state index >= 15 is 0 Å². The van der Waals surface area contributed by atoms with Gasteiger partial charge >= 0.3 is 0 Å². The number of hydrogen-bond acceptors (Lipinski definition) is 2. The Hall–Kier alpha value is -1.58. The van der Waals surface area contributed by atoms with Gasteiger partial charge in [-0.2, -0.15) is 0 Å². The summed E-state index contributed by atoms with van der Waals surface area (Å²) in [6.07, 6.45) is 7.81. The molecule has 104 valence electrons. The summed E-state index contributed by atoms with van der Waals surface area (Å²) in [5, 5.41) is 3.24. The van der Waals surface area contributed by atoms with Gasteiger partial charge in [0.1, 0.15) is 5.82 Å². The van der Waals surface area contributed by atoms with Crippen LogP contribution in [0.15, 0.2) is 18.2 Å². The highest BCUT2D eigenvalue weighted by atomic mass is 19.1. The molecular formula is C15H21FN2O. The van der Waals surface area contributed by atoms with E-state index in [1.165, 1.54) is 44.2 Å². The van der Waals surface area contributed by atoms with Crippen molar-refractivity contribution in [3.05, 3.63) is 29.6 Å². The third-order valence-corrected chi connectivity index (χ3v) is 3.84. The minimum Gasteiger partial charge on any atom is -0.385 e. The Kier molecular flexibility index (Phi) is 4.77. The Morgan fingerprint density at radius 2 is 2.05 bits per heavy atom. The first-order valence-corrected chi connectivity index (χ1v) is 7.00. The number of primary amides is 1. The number of amides is 1. The van der Waals surface area contributed by atoms with Gasteiger partial charge in [0.25, 0.3) is 5.91 Å². The van der Waals surface area contributed by atoms with Crippen molar-refractivity contribution < 1.29 is 9.18 Å². The van der Waals surface area contributed by atoms with Crippen molar-refractivity contribution in [1.82, 2.24) is 0 Å². The Balaban J connectivity index is 1.85. The third kappa shape index (κ3) is 3.94. The summed E-state index contributed by atoms with van der Waals surface area (Å²) in [6.45, 7) is 0.856. The van der Waals surface area contributed by atoms with Crippen molar-refractivity contribution in [1.29, 1.82) is 0 Å². The molecule has 1 saturated carbocycles. The van der Waals surface area contributed by atoms with Crippen molar-refractivity contribution in [3.63, 3.8) is 0 Å². The van der Waals surface area contributed by atoms with Crippen molar-refractivity contribution in [3.8, 4) is 0 Å². The molecule has 0 unspecified atom stereocenters. The summed E-state index contributed by atoms with van der Waals surface area (Å²) >= 11 is 0. The smallest absolute Gasteiger partial charge is 0.251 e. The predicted octanol–water partition coefficient (Wildman–Crippen LogP) is 3.31. The molecule has 0 spiro atoms. The average Bonchev–Trinajstić information content (AvgIpc) is 2.41. The van der Waals surface area contributed by atoms with Crippen molar-refractivity contribution in [2.24, 2.45) is 11.7 Å². The fourth-order valence-corrected chi connectivity index (χ4v) is 2.72. The lowest BCUT2D eigenvalue weighted by Gasteiger charge is -2.21. The molecule has 1 fully saturated rings. The summed E-state index contributed by atoms with van der Waals surface area (Å²) in [5.74, 6) is -0.490. The molecule has 0 radical (unpaired) electrons. The molecule has 0 aliphatic heterocycles. The van der Waals surface area contributed by atoms with Gasteiger partial charge in [0.05, 0.1) is 5.56 Å². The van der Waals surface area contributed by atoms with Crippen LogP contribution in [-0.2, 0) is 0 Å². The van der Waals surface area contributed by atoms with Crippen molar-refractivity contribution in [2.75, 3.05) is 11.9 Å². The third-order valence-electron chi connectivity index (χ3n) is 3.84. The van der Waals surface area contributed by atoms with E-state index in [1.807, 2.05) is 0 Å². The van der Waals surface area contributed by atoms with Crippen LogP contribution < -0.4 is 11.1 Å². The molecule has 1 amide bonds. The second kappa shape index (κ2) is 6.55. The highest BCUT2D eigenvalue weighted by Crippen LogP contribution is 2.26. The van der Waals surface area contributed by atoms with Gasteiger partial charge in [0.15, 0.2) is 0 Å². The molecule has 3 nitrogen and oxygen atoms in total. The van der Waals surface area contributed by atoms with Gasteiger partial charge in [-0.15, -0.1) is 0 Å². The fraction of sp³-hybridized carbons (Fsp3) is 0.533. The lowest BCUT2D eigenvalue weighted by molar-refractivity contribution is 0.0996. The van der Waals surface area contributed by atoms with Crippen LogP contribution in [0.5, 0.6) is 0 Å². The number of anilines is 1. The molecule has 0 atom stereocenters. The number of benzene rings is 1. The maximum atomic E-state index is 13.3. The lowest BCUT2D eigenvalue weighted by atomic mass is 9.87. The number of halogens is 1. The first-order valence-electron chi connectivity index (χ1n) is 7.00. The molecular weight excluding hydrogens is 243 g/mol. The van der Waals surface area contributed by atoms with E-state index in [9.17, 15) is 9.18 Å². The Morgan fingerprint density at radius 1 is 1.32 bits per heavy atom. The van der Waals surface area contributed by atoms with Crippen molar-refractivity contribution in [2.45, 2.75) is 38.5 Å². The molecule has 4 heteroatoms. The average molecular weight is 264 g/mol. The molecule has 19 heavy (non-hydrogen) atoms. The quantitative estimate of drug-likeness (QED) is 0.857. The van der Waals surface area contributed by atoms with E-state index in [4.69, 9.17) is 5.73 Å². The maximum Gasteiger partial charge on any atom is 0.251 e. The molecule has 0 heterocycles. The molecule has 0 bridgehead atoms. The summed E-state index contributed by atoms with van der Waals surface area (Å²) in [7, 11) is 0. The monoisotopic (exact) mass is 264 g/mol. The van der Waals surface area contributed by atoms with Gasteiger partial charge in [-0.25, -0.2) is 4.39 Å². The van der Waals surface area contributed by atoms with Crippen molar-refractivity contribution >= 4 is 11.6 Å². The van der Waals surface area contributed by atoms with Crippen LogP contribution in [0.1, 0.15) is 48.9 Å². The second-order valence-electron chi connectivity index (χ2n) is 5.28. The van der Waals surface area contributed by atoms with Crippen LogP contribution in [0, 0.1) is 11.7 Å². The highest BCUT2D eigenvalue weighted by molar-refractivity contribution is 5.94. The standard InChI is InChI=1S/C15H21FN2O/c16-14-7-6-12(10-13(14)15(17)19)18-9-8-11-4-2-1-3-5-11/h6-7,10-11,18H,1-5,8-9H2,(H2,17,19). The summed E-state index contributed by atoms with van der Waals surface area (Å²) in [4.78, 5) is 11.0. The predicted molar refractivity (Wildman–Crippen MR) is 74.6 cm³/mol. The second-order valence-corrected chi connectivity index (χ2v) is 5.28. The maximum absolute atomic E-state index is 13.3. The lowest BCUT2D eigenvalue weighted by Crippen LogP contribution is -2.15. The van der Waals surface area contributed by atoms with Gasteiger partial charge in [0.2, 0.25) is 0 Å². The zero-order valence-electron chi connectivity index (χ0n) is 11.1. The summed E-state index contributed by atoms with van der Waals surface area (Å²) < 4.78 is 13.3. The van der Waals surface area contributed by atoms with Gasteiger partial charge in [-0.05, 0) is 30.5 Å². The van der Waals surface area contributed by atoms with Gasteiger partial charge < -0.3 is 11.1 Å². The molecule has 1 aromatic carbocycles. The zero-order valence-corrected chi connectivity index (χ0v) is 11.1. The molecule has 3 N–H and O–H groups in total. The minimum absolute atomic E-state index is 0.0531. The van der Waals surface area contributed by atoms with E-state index in [1.54, 1.807) is 6.07 Å². The number of hydrogen-bond donors (Lipinski definition) is 2. The molecule has 2 rings (SSSR count). The van der Waals surface area contributed by atoms with E-state index in [0.29, 0.717) is 0 Å². The first kappa shape index (κ1) is 13.8. The fourth-order valence-electron chi connectivity index (χ4n) is 2.72. The topological polar surface area (TPSA) is 55.1 Å². The summed E-state index contributed by atoms with van der Waals surface area (Å²) in [6, 6.07) is 4.41. The number of rotatable bonds is 5. The van der Waals surface area contributed by atoms with E-state index < -0.39 is 11.7 Å². The summed E-state index contributed by atoms with van der Waals surface area (Å²) in [5.41, 5.74) is 5.82. The van der Waals surface area contributed by atoms with E-state index in [2.05, 4.69) is 5.32 Å². The zero-order chi connectivity index (χ0) is 13.7. The Morgan fingerprint density at radius 3 is 2.74 bits per heavy atom. The number of nitrogens with two attached hydrogens (primary N) is 1. The molecule has 1 aliphatic rings.